The molecule has 4 rings (SSSR count). The van der Waals surface area contributed by atoms with Gasteiger partial charge < -0.3 is 21.7 Å². The molecule has 4 aromatic rings. The number of nitrogen functional groups attached to an aromatic ring is 1. The highest BCUT2D eigenvalue weighted by atomic mass is 32.1. The summed E-state index contributed by atoms with van der Waals surface area (Å²) < 4.78 is 17.7. The average molecular weight is 518 g/mol. The summed E-state index contributed by atoms with van der Waals surface area (Å²) in [6.07, 6.45) is 0. The van der Waals surface area contributed by atoms with Crippen LogP contribution in [-0.2, 0) is 17.9 Å². The van der Waals surface area contributed by atoms with Gasteiger partial charge in [0.25, 0.3) is 11.8 Å². The summed E-state index contributed by atoms with van der Waals surface area (Å²) >= 11 is 0.730. The molecule has 0 bridgehead atoms. The monoisotopic (exact) mass is 517 g/mol. The van der Waals surface area contributed by atoms with Gasteiger partial charge in [-0.1, -0.05) is 72.8 Å². The molecule has 10 heteroatoms. The molecule has 0 saturated carbocycles. The lowest BCUT2D eigenvalue weighted by Crippen LogP contribution is -2.43. The number of nitrogens with two attached hydrogens (primary N) is 2. The number of carbonyl (C=O) groups excluding carboxylic acids is 3. The normalized spacial score (nSPS) is 11.5. The first-order chi connectivity index (χ1) is 17.8. The van der Waals surface area contributed by atoms with Crippen LogP contribution in [0, 0.1) is 5.82 Å². The van der Waals surface area contributed by atoms with Crippen molar-refractivity contribution in [3.05, 3.63) is 118 Å². The Kier molecular flexibility index (Phi) is 7.89. The highest BCUT2D eigenvalue weighted by molar-refractivity contribution is 7.09. The van der Waals surface area contributed by atoms with Crippen LogP contribution in [0.25, 0.3) is 0 Å². The number of amides is 3. The molecular weight excluding hydrogens is 493 g/mol. The van der Waals surface area contributed by atoms with E-state index in [1.54, 1.807) is 0 Å². The SMILES string of the molecule is NC(=O)c1nsc(C(=O)N(Cc2ccccc2)[C@H](C(=O)NCc2ccccc2)c2ccc(F)cc2)c1N. The van der Waals surface area contributed by atoms with Crippen molar-refractivity contribution in [2.24, 2.45) is 5.73 Å². The number of aromatic nitrogens is 1. The molecule has 5 N–H and O–H groups in total. The standard InChI is InChI=1S/C27H24FN5O3S/c28-20-13-11-19(12-14-20)23(26(35)31-15-17-7-3-1-4-8-17)33(16-18-9-5-2-6-10-18)27(36)24-21(29)22(25(30)34)32-37-24/h1-14,23H,15-16,29H2,(H2,30,34)(H,31,35)/t23-/m0/s1. The van der Waals surface area contributed by atoms with E-state index in [9.17, 15) is 18.8 Å². The molecule has 0 aliphatic rings. The lowest BCUT2D eigenvalue weighted by Gasteiger charge is -2.31. The van der Waals surface area contributed by atoms with Crippen LogP contribution in [0.4, 0.5) is 10.1 Å². The molecule has 1 atom stereocenters. The first kappa shape index (κ1) is 25.5. The number of primary amides is 1. The van der Waals surface area contributed by atoms with Gasteiger partial charge >= 0.3 is 0 Å². The number of carbonyl (C=O) groups is 3. The molecule has 0 radical (unpaired) electrons. The second-order valence-electron chi connectivity index (χ2n) is 8.21. The number of hydrogen-bond donors (Lipinski definition) is 3. The molecular formula is C27H24FN5O3S. The first-order valence-electron chi connectivity index (χ1n) is 11.3. The summed E-state index contributed by atoms with van der Waals surface area (Å²) in [5, 5.41) is 2.88. The first-order valence-corrected chi connectivity index (χ1v) is 12.1. The molecule has 0 aliphatic carbocycles. The van der Waals surface area contributed by atoms with E-state index in [4.69, 9.17) is 11.5 Å². The Morgan fingerprint density at radius 1 is 0.919 bits per heavy atom. The Morgan fingerprint density at radius 3 is 2.08 bits per heavy atom. The van der Waals surface area contributed by atoms with Crippen LogP contribution in [0.3, 0.4) is 0 Å². The topological polar surface area (TPSA) is 131 Å². The van der Waals surface area contributed by atoms with Crippen molar-refractivity contribution >= 4 is 34.9 Å². The van der Waals surface area contributed by atoms with Crippen LogP contribution in [0.2, 0.25) is 0 Å². The van der Waals surface area contributed by atoms with E-state index >= 15 is 0 Å². The van der Waals surface area contributed by atoms with E-state index in [0.29, 0.717) is 5.56 Å². The molecule has 1 aromatic heterocycles. The Balaban J connectivity index is 1.76. The quantitative estimate of drug-likeness (QED) is 0.312. The van der Waals surface area contributed by atoms with Gasteiger partial charge in [0.15, 0.2) is 5.69 Å². The Bertz CT molecular complexity index is 1390. The minimum absolute atomic E-state index is 0.0206. The maximum atomic E-state index is 13.9. The predicted molar refractivity (Wildman–Crippen MR) is 139 cm³/mol. The van der Waals surface area contributed by atoms with Gasteiger partial charge in [-0.2, -0.15) is 4.37 Å². The molecule has 3 aromatic carbocycles. The van der Waals surface area contributed by atoms with E-state index in [1.165, 1.54) is 29.2 Å². The Hall–Kier alpha value is -4.57. The van der Waals surface area contributed by atoms with Crippen LogP contribution in [0.1, 0.15) is 42.9 Å². The fraction of sp³-hybridized carbons (Fsp3) is 0.111. The molecule has 0 saturated heterocycles. The number of halogens is 1. The number of hydrogen-bond acceptors (Lipinski definition) is 6. The van der Waals surface area contributed by atoms with Gasteiger partial charge in [-0.3, -0.25) is 14.4 Å². The summed E-state index contributed by atoms with van der Waals surface area (Å²) in [6, 6.07) is 22.6. The lowest BCUT2D eigenvalue weighted by atomic mass is 10.0. The van der Waals surface area contributed by atoms with Crippen molar-refractivity contribution in [1.29, 1.82) is 0 Å². The molecule has 37 heavy (non-hydrogen) atoms. The van der Waals surface area contributed by atoms with Crippen LogP contribution in [-0.4, -0.2) is 27.0 Å². The van der Waals surface area contributed by atoms with Gasteiger partial charge in [0.1, 0.15) is 16.7 Å². The van der Waals surface area contributed by atoms with E-state index < -0.39 is 29.6 Å². The fourth-order valence-corrected chi connectivity index (χ4v) is 4.58. The number of nitrogens with one attached hydrogen (secondary N) is 1. The van der Waals surface area contributed by atoms with Crippen molar-refractivity contribution < 1.29 is 18.8 Å². The van der Waals surface area contributed by atoms with Crippen LogP contribution < -0.4 is 16.8 Å². The van der Waals surface area contributed by atoms with Crippen LogP contribution in [0.15, 0.2) is 84.9 Å². The summed E-state index contributed by atoms with van der Waals surface area (Å²) in [5.41, 5.74) is 13.0. The largest absolute Gasteiger partial charge is 0.395 e. The second kappa shape index (κ2) is 11.4. The number of rotatable bonds is 9. The van der Waals surface area contributed by atoms with E-state index in [-0.39, 0.29) is 29.3 Å². The van der Waals surface area contributed by atoms with Crippen molar-refractivity contribution in [2.45, 2.75) is 19.1 Å². The van der Waals surface area contributed by atoms with Crippen molar-refractivity contribution in [2.75, 3.05) is 5.73 Å². The van der Waals surface area contributed by atoms with Gasteiger partial charge in [0.2, 0.25) is 5.91 Å². The summed E-state index contributed by atoms with van der Waals surface area (Å²) in [7, 11) is 0. The minimum Gasteiger partial charge on any atom is -0.395 e. The molecule has 0 aliphatic heterocycles. The number of benzene rings is 3. The lowest BCUT2D eigenvalue weighted by molar-refractivity contribution is -0.126. The van der Waals surface area contributed by atoms with E-state index in [1.807, 2.05) is 60.7 Å². The molecule has 0 unspecified atom stereocenters. The summed E-state index contributed by atoms with van der Waals surface area (Å²) in [6.45, 7) is 0.253. The molecule has 0 spiro atoms. The third kappa shape index (κ3) is 5.99. The fourth-order valence-electron chi connectivity index (χ4n) is 3.82. The molecule has 3 amide bonds. The van der Waals surface area contributed by atoms with Gasteiger partial charge in [-0.05, 0) is 40.4 Å². The van der Waals surface area contributed by atoms with Gasteiger partial charge in [-0.25, -0.2) is 4.39 Å². The zero-order chi connectivity index (χ0) is 26.4. The highest BCUT2D eigenvalue weighted by Crippen LogP contribution is 2.30. The second-order valence-corrected chi connectivity index (χ2v) is 8.99. The van der Waals surface area contributed by atoms with E-state index in [0.717, 1.165) is 22.7 Å². The van der Waals surface area contributed by atoms with Crippen molar-refractivity contribution in [3.8, 4) is 0 Å². The molecule has 1 heterocycles. The minimum atomic E-state index is -1.14. The Morgan fingerprint density at radius 2 is 1.51 bits per heavy atom. The van der Waals surface area contributed by atoms with Gasteiger partial charge in [0, 0.05) is 13.1 Å². The number of anilines is 1. The highest BCUT2D eigenvalue weighted by Gasteiger charge is 2.35. The average Bonchev–Trinajstić information content (AvgIpc) is 3.30. The number of nitrogens with zero attached hydrogens (tertiary/aromatic N) is 2. The molecule has 188 valence electrons. The summed E-state index contributed by atoms with van der Waals surface area (Å²) in [5.74, 6) is -2.43. The van der Waals surface area contributed by atoms with Gasteiger partial charge in [-0.15, -0.1) is 0 Å². The molecule has 8 nitrogen and oxygen atoms in total. The predicted octanol–water partition coefficient (Wildman–Crippen LogP) is 3.66. The third-order valence-corrected chi connectivity index (χ3v) is 6.52. The van der Waals surface area contributed by atoms with Crippen molar-refractivity contribution in [3.63, 3.8) is 0 Å². The zero-order valence-corrected chi connectivity index (χ0v) is 20.5. The zero-order valence-electron chi connectivity index (χ0n) is 19.6. The smallest absolute Gasteiger partial charge is 0.270 e. The third-order valence-electron chi connectivity index (χ3n) is 5.67. The van der Waals surface area contributed by atoms with Crippen LogP contribution >= 0.6 is 11.5 Å². The van der Waals surface area contributed by atoms with Crippen molar-refractivity contribution in [1.82, 2.24) is 14.6 Å². The van der Waals surface area contributed by atoms with Crippen LogP contribution in [0.5, 0.6) is 0 Å². The summed E-state index contributed by atoms with van der Waals surface area (Å²) in [4.78, 5) is 40.5. The Labute approximate surface area is 216 Å². The maximum absolute atomic E-state index is 13.9. The van der Waals surface area contributed by atoms with Gasteiger partial charge in [0.05, 0.1) is 5.69 Å². The maximum Gasteiger partial charge on any atom is 0.270 e. The van der Waals surface area contributed by atoms with E-state index in [2.05, 4.69) is 9.69 Å². The molecule has 0 fully saturated rings.